The second-order valence-corrected chi connectivity index (χ2v) is 10.4. The van der Waals surface area contributed by atoms with Gasteiger partial charge in [0.25, 0.3) is 5.91 Å². The number of nitrogens with two attached hydrogens (primary N) is 1. The molecule has 2 atom stereocenters. The molecule has 1 saturated heterocycles. The van der Waals surface area contributed by atoms with Gasteiger partial charge >= 0.3 is 6.09 Å². The number of para-hydroxylation sites is 1. The van der Waals surface area contributed by atoms with Crippen molar-refractivity contribution in [3.05, 3.63) is 52.8 Å². The van der Waals surface area contributed by atoms with Gasteiger partial charge in [-0.3, -0.25) is 9.78 Å². The van der Waals surface area contributed by atoms with Gasteiger partial charge in [0.05, 0.1) is 22.4 Å². The molecular formula is C25H33ClN6O3. The van der Waals surface area contributed by atoms with Crippen molar-refractivity contribution in [1.29, 1.82) is 0 Å². The van der Waals surface area contributed by atoms with Crippen molar-refractivity contribution in [3.8, 4) is 0 Å². The highest BCUT2D eigenvalue weighted by Gasteiger charge is 2.41. The second-order valence-electron chi connectivity index (χ2n) is 10.0. The Bertz CT molecular complexity index is 1100. The summed E-state index contributed by atoms with van der Waals surface area (Å²) in [6.07, 6.45) is 3.13. The molecule has 0 spiro atoms. The van der Waals surface area contributed by atoms with E-state index in [1.54, 1.807) is 23.2 Å². The number of amides is 2. The van der Waals surface area contributed by atoms with Crippen LogP contribution in [-0.4, -0.2) is 57.9 Å². The van der Waals surface area contributed by atoms with Crippen LogP contribution >= 0.6 is 11.6 Å². The maximum Gasteiger partial charge on any atom is 0.410 e. The van der Waals surface area contributed by atoms with Crippen LogP contribution in [-0.2, 0) is 4.74 Å². The van der Waals surface area contributed by atoms with Crippen LogP contribution in [0.15, 0.2) is 36.5 Å². The molecule has 0 saturated carbocycles. The van der Waals surface area contributed by atoms with Gasteiger partial charge in [-0.1, -0.05) is 17.7 Å². The fourth-order valence-electron chi connectivity index (χ4n) is 4.59. The van der Waals surface area contributed by atoms with Gasteiger partial charge in [0, 0.05) is 30.5 Å². The van der Waals surface area contributed by atoms with Gasteiger partial charge in [-0.2, -0.15) is 0 Å². The molecule has 0 bridgehead atoms. The summed E-state index contributed by atoms with van der Waals surface area (Å²) in [7, 11) is 0. The highest BCUT2D eigenvalue weighted by molar-refractivity contribution is 6.34. The van der Waals surface area contributed by atoms with Gasteiger partial charge in [0.1, 0.15) is 5.60 Å². The largest absolute Gasteiger partial charge is 0.444 e. The number of carbonyl (C=O) groups is 2. The molecule has 1 unspecified atom stereocenters. The molecule has 9 nitrogen and oxygen atoms in total. The van der Waals surface area contributed by atoms with Crippen molar-refractivity contribution in [2.45, 2.75) is 64.9 Å². The van der Waals surface area contributed by atoms with E-state index in [0.717, 1.165) is 36.3 Å². The first-order valence-corrected chi connectivity index (χ1v) is 12.2. The van der Waals surface area contributed by atoms with Crippen LogP contribution in [0.4, 0.5) is 16.2 Å². The van der Waals surface area contributed by atoms with Gasteiger partial charge in [-0.25, -0.2) is 15.6 Å². The van der Waals surface area contributed by atoms with Gasteiger partial charge < -0.3 is 19.9 Å². The molecule has 35 heavy (non-hydrogen) atoms. The van der Waals surface area contributed by atoms with Crippen molar-refractivity contribution in [3.63, 3.8) is 0 Å². The maximum absolute atomic E-state index is 13.3. The minimum Gasteiger partial charge on any atom is -0.444 e. The number of hydrazine groups is 1. The zero-order valence-corrected chi connectivity index (χ0v) is 21.4. The summed E-state index contributed by atoms with van der Waals surface area (Å²) in [5, 5.41) is 5.10. The highest BCUT2D eigenvalue weighted by Crippen LogP contribution is 2.43. The van der Waals surface area contributed by atoms with Crippen molar-refractivity contribution < 1.29 is 14.3 Å². The molecule has 3 heterocycles. The van der Waals surface area contributed by atoms with E-state index in [9.17, 15) is 9.59 Å². The summed E-state index contributed by atoms with van der Waals surface area (Å²) in [6.45, 7) is 8.42. The predicted octanol–water partition coefficient (Wildman–Crippen LogP) is 4.36. The second kappa shape index (κ2) is 9.91. The third-order valence-electron chi connectivity index (χ3n) is 6.13. The fourth-order valence-corrected chi connectivity index (χ4v) is 4.86. The molecule has 2 aromatic rings. The molecule has 10 heteroatoms. The number of halogens is 1. The number of hydrogen-bond donors (Lipinski definition) is 2. The number of pyridine rings is 1. The first kappa shape index (κ1) is 25.1. The van der Waals surface area contributed by atoms with Crippen LogP contribution in [0.1, 0.15) is 56.1 Å². The van der Waals surface area contributed by atoms with E-state index >= 15 is 0 Å². The molecule has 0 aliphatic carbocycles. The number of fused-ring (bicyclic) bond motifs is 1. The zero-order chi connectivity index (χ0) is 25.3. The van der Waals surface area contributed by atoms with Crippen LogP contribution in [0.25, 0.3) is 0 Å². The van der Waals surface area contributed by atoms with E-state index in [0.29, 0.717) is 23.7 Å². The Balaban J connectivity index is 1.66. The van der Waals surface area contributed by atoms with E-state index in [1.807, 2.05) is 50.8 Å². The van der Waals surface area contributed by atoms with Crippen LogP contribution in [0.5, 0.6) is 0 Å². The van der Waals surface area contributed by atoms with Crippen molar-refractivity contribution >= 4 is 35.0 Å². The molecule has 2 aliphatic rings. The number of rotatable bonds is 3. The Kier molecular flexibility index (Phi) is 7.10. The fraction of sp³-hybridized carbons (Fsp3) is 0.480. The minimum absolute atomic E-state index is 0.137. The van der Waals surface area contributed by atoms with Crippen molar-refractivity contribution in [2.24, 2.45) is 5.84 Å². The van der Waals surface area contributed by atoms with E-state index in [-0.39, 0.29) is 18.0 Å². The number of aromatic nitrogens is 1. The Morgan fingerprint density at radius 2 is 2.03 bits per heavy atom. The lowest BCUT2D eigenvalue weighted by atomic mass is 10.1. The molecule has 2 aliphatic heterocycles. The van der Waals surface area contributed by atoms with E-state index in [1.165, 1.54) is 5.01 Å². The Morgan fingerprint density at radius 3 is 2.74 bits per heavy atom. The molecule has 188 valence electrons. The smallest absolute Gasteiger partial charge is 0.410 e. The molecule has 4 rings (SSSR count). The number of nitrogens with one attached hydrogen (secondary N) is 1. The molecule has 0 radical (unpaired) electrons. The SMILES string of the molecule is Cc1cc(C(=O)N(N)C2Nc3cccc(Cl)c3N2[C@@H]2CCCCN(C(=O)OC(C)(C)C)C2)ccn1. The average Bonchev–Trinajstić information content (AvgIpc) is 3.01. The first-order valence-electron chi connectivity index (χ1n) is 11.9. The topological polar surface area (TPSA) is 104 Å². The predicted molar refractivity (Wildman–Crippen MR) is 136 cm³/mol. The van der Waals surface area contributed by atoms with Gasteiger partial charge in [-0.15, -0.1) is 0 Å². The standard InChI is InChI=1S/C25H33ClN6O3/c1-16-14-17(11-12-28-16)22(33)32(27)23-29-20-10-7-9-19(26)21(20)31(23)18-8-5-6-13-30(15-18)24(34)35-25(2,3)4/h7,9-12,14,18,23,29H,5-6,8,13,15,27H2,1-4H3/t18-,23?/m1/s1. The number of nitrogens with zero attached hydrogens (tertiary/aromatic N) is 4. The van der Waals surface area contributed by atoms with Crippen LogP contribution < -0.4 is 16.1 Å². The number of anilines is 2. The van der Waals surface area contributed by atoms with Gasteiger partial charge in [0.2, 0.25) is 0 Å². The summed E-state index contributed by atoms with van der Waals surface area (Å²) in [5.74, 6) is 6.11. The van der Waals surface area contributed by atoms with Gasteiger partial charge in [0.15, 0.2) is 6.29 Å². The minimum atomic E-state index is -0.686. The number of aryl methyl sites for hydroxylation is 1. The average molecular weight is 501 g/mol. The summed E-state index contributed by atoms with van der Waals surface area (Å²) in [6, 6.07) is 8.79. The lowest BCUT2D eigenvalue weighted by Gasteiger charge is -2.39. The van der Waals surface area contributed by atoms with E-state index < -0.39 is 11.9 Å². The summed E-state index contributed by atoms with van der Waals surface area (Å²) >= 11 is 6.66. The molecule has 1 aromatic carbocycles. The number of ether oxygens (including phenoxy) is 1. The highest BCUT2D eigenvalue weighted by atomic mass is 35.5. The number of likely N-dealkylation sites (tertiary alicyclic amines) is 1. The Labute approximate surface area is 211 Å². The van der Waals surface area contributed by atoms with E-state index in [4.69, 9.17) is 22.2 Å². The first-order chi connectivity index (χ1) is 16.5. The summed E-state index contributed by atoms with van der Waals surface area (Å²) in [5.41, 5.74) is 2.13. The normalized spacial score (nSPS) is 20.1. The van der Waals surface area contributed by atoms with Crippen LogP contribution in [0.2, 0.25) is 5.02 Å². The van der Waals surface area contributed by atoms with Crippen LogP contribution in [0.3, 0.4) is 0 Å². The monoisotopic (exact) mass is 500 g/mol. The summed E-state index contributed by atoms with van der Waals surface area (Å²) in [4.78, 5) is 34.2. The van der Waals surface area contributed by atoms with Crippen molar-refractivity contribution in [2.75, 3.05) is 23.3 Å². The molecule has 1 aromatic heterocycles. The third kappa shape index (κ3) is 5.46. The molecular weight excluding hydrogens is 468 g/mol. The zero-order valence-electron chi connectivity index (χ0n) is 20.6. The Hall–Kier alpha value is -3.04. The lowest BCUT2D eigenvalue weighted by molar-refractivity contribution is 0.0243. The summed E-state index contributed by atoms with van der Waals surface area (Å²) < 4.78 is 5.65. The lowest BCUT2D eigenvalue weighted by Crippen LogP contribution is -2.60. The number of benzene rings is 1. The Morgan fingerprint density at radius 1 is 1.26 bits per heavy atom. The number of carbonyl (C=O) groups excluding carboxylic acids is 2. The van der Waals surface area contributed by atoms with Gasteiger partial charge in [-0.05, 0) is 71.2 Å². The molecule has 1 fully saturated rings. The van der Waals surface area contributed by atoms with Crippen molar-refractivity contribution in [1.82, 2.24) is 14.9 Å². The molecule has 2 amide bonds. The van der Waals surface area contributed by atoms with E-state index in [2.05, 4.69) is 10.3 Å². The third-order valence-corrected chi connectivity index (χ3v) is 6.43. The number of hydrogen-bond acceptors (Lipinski definition) is 7. The molecule has 3 N–H and O–H groups in total. The van der Waals surface area contributed by atoms with Crippen LogP contribution in [0, 0.1) is 6.92 Å². The quantitative estimate of drug-likeness (QED) is 0.366. The maximum atomic E-state index is 13.3.